The van der Waals surface area contributed by atoms with E-state index in [0.29, 0.717) is 23.7 Å². The highest BCUT2D eigenvalue weighted by Gasteiger charge is 2.19. The number of nitrogens with zero attached hydrogens (tertiary/aromatic N) is 1. The van der Waals surface area contributed by atoms with E-state index in [4.69, 9.17) is 16.3 Å². The van der Waals surface area contributed by atoms with Crippen molar-refractivity contribution in [1.29, 1.82) is 0 Å². The average Bonchev–Trinajstić information content (AvgIpc) is 3.00. The number of nitrogens with one attached hydrogen (secondary N) is 1. The second-order valence-electron chi connectivity index (χ2n) is 5.96. The Hall–Kier alpha value is -2.56. The first-order valence-electron chi connectivity index (χ1n) is 8.42. The van der Waals surface area contributed by atoms with E-state index in [1.807, 2.05) is 67.6 Å². The molecular weight excluding hydrogens is 348 g/mol. The Morgan fingerprint density at radius 1 is 1.12 bits per heavy atom. The second-order valence-corrected chi connectivity index (χ2v) is 6.39. The zero-order valence-corrected chi connectivity index (χ0v) is 15.6. The molecule has 0 saturated heterocycles. The molecule has 0 spiro atoms. The second kappa shape index (κ2) is 8.21. The minimum atomic E-state index is -0.107. The minimum Gasteiger partial charge on any atom is -0.383 e. The van der Waals surface area contributed by atoms with Crippen LogP contribution in [0.2, 0.25) is 5.02 Å². The van der Waals surface area contributed by atoms with Gasteiger partial charge in [-0.15, -0.1) is 0 Å². The number of carbonyl (C=O) groups is 1. The van der Waals surface area contributed by atoms with E-state index in [0.717, 1.165) is 22.6 Å². The molecule has 1 amide bonds. The summed E-state index contributed by atoms with van der Waals surface area (Å²) in [6.07, 6.45) is 0. The molecule has 1 N–H and O–H groups in total. The summed E-state index contributed by atoms with van der Waals surface area (Å²) in [5.41, 5.74) is 4.48. The van der Waals surface area contributed by atoms with E-state index in [1.54, 1.807) is 7.11 Å². The van der Waals surface area contributed by atoms with Gasteiger partial charge in [-0.2, -0.15) is 0 Å². The fraction of sp³-hybridized carbons (Fsp3) is 0.190. The number of hydrogen-bond donors (Lipinski definition) is 1. The lowest BCUT2D eigenvalue weighted by Gasteiger charge is -2.12. The number of aromatic nitrogens is 1. The molecule has 134 valence electrons. The van der Waals surface area contributed by atoms with E-state index in [1.165, 1.54) is 0 Å². The molecule has 1 aromatic heterocycles. The van der Waals surface area contributed by atoms with Crippen LogP contribution in [0.4, 0.5) is 0 Å². The number of amides is 1. The molecule has 1 heterocycles. The Kier molecular flexibility index (Phi) is 5.76. The molecule has 2 aromatic carbocycles. The lowest BCUT2D eigenvalue weighted by atomic mass is 10.1. The third kappa shape index (κ3) is 3.82. The van der Waals surface area contributed by atoms with Crippen molar-refractivity contribution < 1.29 is 9.53 Å². The van der Waals surface area contributed by atoms with Crippen molar-refractivity contribution in [1.82, 2.24) is 9.88 Å². The van der Waals surface area contributed by atoms with Gasteiger partial charge in [-0.25, -0.2) is 0 Å². The molecule has 0 aliphatic heterocycles. The van der Waals surface area contributed by atoms with Gasteiger partial charge in [0.15, 0.2) is 0 Å². The fourth-order valence-electron chi connectivity index (χ4n) is 2.94. The standard InChI is InChI=1S/C21H21ClN2O2/c1-15-19(21(25)23-12-13-26-2)14-20(16-8-10-17(22)11-9-16)24(15)18-6-4-3-5-7-18/h3-11,14H,12-13H2,1-2H3,(H,23,25). The van der Waals surface area contributed by atoms with Gasteiger partial charge in [-0.3, -0.25) is 4.79 Å². The van der Waals surface area contributed by atoms with Crippen LogP contribution < -0.4 is 5.32 Å². The first kappa shape index (κ1) is 18.2. The van der Waals surface area contributed by atoms with Crippen molar-refractivity contribution in [2.75, 3.05) is 20.3 Å². The number of benzene rings is 2. The number of ether oxygens (including phenoxy) is 1. The zero-order valence-electron chi connectivity index (χ0n) is 14.8. The normalized spacial score (nSPS) is 10.7. The van der Waals surface area contributed by atoms with Gasteiger partial charge in [-0.05, 0) is 42.8 Å². The molecule has 0 unspecified atom stereocenters. The summed E-state index contributed by atoms with van der Waals surface area (Å²) in [6, 6.07) is 19.6. The van der Waals surface area contributed by atoms with Crippen LogP contribution in [0, 0.1) is 6.92 Å². The maximum Gasteiger partial charge on any atom is 0.253 e. The maximum atomic E-state index is 12.6. The highest BCUT2D eigenvalue weighted by atomic mass is 35.5. The summed E-state index contributed by atoms with van der Waals surface area (Å²) >= 11 is 6.03. The molecule has 3 rings (SSSR count). The molecule has 0 radical (unpaired) electrons. The third-order valence-electron chi connectivity index (χ3n) is 4.24. The van der Waals surface area contributed by atoms with Gasteiger partial charge in [0, 0.05) is 30.1 Å². The summed E-state index contributed by atoms with van der Waals surface area (Å²) in [6.45, 7) is 2.91. The van der Waals surface area contributed by atoms with E-state index in [2.05, 4.69) is 9.88 Å². The van der Waals surface area contributed by atoms with Gasteiger partial charge in [0.1, 0.15) is 0 Å². The predicted molar refractivity (Wildman–Crippen MR) is 105 cm³/mol. The molecule has 26 heavy (non-hydrogen) atoms. The van der Waals surface area contributed by atoms with Crippen LogP contribution in [0.5, 0.6) is 0 Å². The molecule has 0 aliphatic rings. The monoisotopic (exact) mass is 368 g/mol. The molecule has 0 aliphatic carbocycles. The average molecular weight is 369 g/mol. The molecule has 0 fully saturated rings. The predicted octanol–water partition coefficient (Wildman–Crippen LogP) is 4.48. The Morgan fingerprint density at radius 3 is 2.46 bits per heavy atom. The lowest BCUT2D eigenvalue weighted by Crippen LogP contribution is -2.27. The smallest absolute Gasteiger partial charge is 0.253 e. The largest absolute Gasteiger partial charge is 0.383 e. The molecule has 5 heteroatoms. The van der Waals surface area contributed by atoms with Gasteiger partial charge in [-0.1, -0.05) is 41.9 Å². The Morgan fingerprint density at radius 2 is 1.81 bits per heavy atom. The first-order valence-corrected chi connectivity index (χ1v) is 8.80. The quantitative estimate of drug-likeness (QED) is 0.652. The van der Waals surface area contributed by atoms with Crippen molar-refractivity contribution >= 4 is 17.5 Å². The van der Waals surface area contributed by atoms with Crippen molar-refractivity contribution in [3.05, 3.63) is 76.9 Å². The van der Waals surface area contributed by atoms with Gasteiger partial charge < -0.3 is 14.6 Å². The van der Waals surface area contributed by atoms with E-state index in [9.17, 15) is 4.79 Å². The topological polar surface area (TPSA) is 43.3 Å². The number of carbonyl (C=O) groups excluding carboxylic acids is 1. The van der Waals surface area contributed by atoms with Crippen LogP contribution in [0.25, 0.3) is 16.9 Å². The molecule has 3 aromatic rings. The van der Waals surface area contributed by atoms with E-state index < -0.39 is 0 Å². The lowest BCUT2D eigenvalue weighted by molar-refractivity contribution is 0.0936. The summed E-state index contributed by atoms with van der Waals surface area (Å²) in [4.78, 5) is 12.6. The molecular formula is C21H21ClN2O2. The van der Waals surface area contributed by atoms with Crippen molar-refractivity contribution in [2.45, 2.75) is 6.92 Å². The number of halogens is 1. The molecule has 0 bridgehead atoms. The zero-order chi connectivity index (χ0) is 18.5. The van der Waals surface area contributed by atoms with Crippen LogP contribution in [0.3, 0.4) is 0 Å². The van der Waals surface area contributed by atoms with Crippen LogP contribution in [0.15, 0.2) is 60.7 Å². The summed E-state index contributed by atoms with van der Waals surface area (Å²) < 4.78 is 7.10. The summed E-state index contributed by atoms with van der Waals surface area (Å²) in [5.74, 6) is -0.107. The van der Waals surface area contributed by atoms with Crippen LogP contribution in [-0.2, 0) is 4.74 Å². The molecule has 4 nitrogen and oxygen atoms in total. The highest BCUT2D eigenvalue weighted by molar-refractivity contribution is 6.30. The van der Waals surface area contributed by atoms with Crippen molar-refractivity contribution in [3.8, 4) is 16.9 Å². The SMILES string of the molecule is COCCNC(=O)c1cc(-c2ccc(Cl)cc2)n(-c2ccccc2)c1C. The van der Waals surface area contributed by atoms with E-state index in [-0.39, 0.29) is 5.91 Å². The number of hydrogen-bond acceptors (Lipinski definition) is 2. The van der Waals surface area contributed by atoms with Crippen LogP contribution in [-0.4, -0.2) is 30.7 Å². The molecule has 0 saturated carbocycles. The third-order valence-corrected chi connectivity index (χ3v) is 4.49. The summed E-state index contributed by atoms with van der Waals surface area (Å²) in [7, 11) is 1.61. The van der Waals surface area contributed by atoms with Gasteiger partial charge >= 0.3 is 0 Å². The number of methoxy groups -OCH3 is 1. The maximum absolute atomic E-state index is 12.6. The van der Waals surface area contributed by atoms with Crippen LogP contribution >= 0.6 is 11.6 Å². The molecule has 0 atom stereocenters. The highest BCUT2D eigenvalue weighted by Crippen LogP contribution is 2.30. The summed E-state index contributed by atoms with van der Waals surface area (Å²) in [5, 5.41) is 3.58. The Balaban J connectivity index is 2.08. The minimum absolute atomic E-state index is 0.107. The fourth-order valence-corrected chi connectivity index (χ4v) is 3.07. The number of rotatable bonds is 6. The van der Waals surface area contributed by atoms with Gasteiger partial charge in [0.25, 0.3) is 5.91 Å². The first-order chi connectivity index (χ1) is 12.6. The Labute approximate surface area is 158 Å². The van der Waals surface area contributed by atoms with E-state index >= 15 is 0 Å². The van der Waals surface area contributed by atoms with Gasteiger partial charge in [0.05, 0.1) is 17.9 Å². The Bertz CT molecular complexity index is 886. The van der Waals surface area contributed by atoms with Crippen molar-refractivity contribution in [2.24, 2.45) is 0 Å². The van der Waals surface area contributed by atoms with Crippen LogP contribution in [0.1, 0.15) is 16.1 Å². The number of para-hydroxylation sites is 1. The van der Waals surface area contributed by atoms with Gasteiger partial charge in [0.2, 0.25) is 0 Å². The van der Waals surface area contributed by atoms with Crippen molar-refractivity contribution in [3.63, 3.8) is 0 Å².